The van der Waals surface area contributed by atoms with Crippen LogP contribution in [0.2, 0.25) is 0 Å². The van der Waals surface area contributed by atoms with Crippen LogP contribution in [-0.4, -0.2) is 54.0 Å². The van der Waals surface area contributed by atoms with E-state index in [0.717, 1.165) is 0 Å². The molecule has 0 radical (unpaired) electrons. The van der Waals surface area contributed by atoms with E-state index in [2.05, 4.69) is 16.0 Å². The summed E-state index contributed by atoms with van der Waals surface area (Å²) in [4.78, 5) is 22.3. The molecule has 0 rings (SSSR count). The van der Waals surface area contributed by atoms with Crippen LogP contribution >= 0.6 is 0 Å². The highest BCUT2D eigenvalue weighted by atomic mass is 16.3. The smallest absolute Gasteiger partial charge is 0.321 e. The molecule has 16 heavy (non-hydrogen) atoms. The Balaban J connectivity index is 3.85. The lowest BCUT2D eigenvalue weighted by atomic mass is 10.3. The fourth-order valence-electron chi connectivity index (χ4n) is 0.895. The zero-order valence-corrected chi connectivity index (χ0v) is 9.49. The monoisotopic (exact) mass is 233 g/mol. The van der Waals surface area contributed by atoms with E-state index in [4.69, 9.17) is 10.2 Å². The minimum atomic E-state index is -0.917. The topological polar surface area (TPSA) is 111 Å². The number of urea groups is 1. The second-order valence-electron chi connectivity index (χ2n) is 3.32. The van der Waals surface area contributed by atoms with Gasteiger partial charge >= 0.3 is 6.03 Å². The van der Waals surface area contributed by atoms with Gasteiger partial charge in [-0.3, -0.25) is 10.1 Å². The van der Waals surface area contributed by atoms with Crippen LogP contribution in [0.25, 0.3) is 0 Å². The van der Waals surface area contributed by atoms with Gasteiger partial charge in [0.25, 0.3) is 0 Å². The molecule has 2 atom stereocenters. The van der Waals surface area contributed by atoms with Crippen LogP contribution in [-0.2, 0) is 4.79 Å². The van der Waals surface area contributed by atoms with E-state index in [1.165, 1.54) is 0 Å². The van der Waals surface area contributed by atoms with Crippen LogP contribution < -0.4 is 16.0 Å². The molecule has 0 fully saturated rings. The fourth-order valence-corrected chi connectivity index (χ4v) is 0.895. The molecule has 5 N–H and O–H groups in total. The van der Waals surface area contributed by atoms with Gasteiger partial charge in [0.2, 0.25) is 5.91 Å². The number of carbonyl (C=O) groups is 2. The average Bonchev–Trinajstić information content (AvgIpc) is 2.25. The third kappa shape index (κ3) is 6.33. The van der Waals surface area contributed by atoms with E-state index in [1.54, 1.807) is 13.8 Å². The summed E-state index contributed by atoms with van der Waals surface area (Å²) in [5.41, 5.74) is 0. The molecule has 0 aromatic carbocycles. The van der Waals surface area contributed by atoms with Crippen LogP contribution in [0.1, 0.15) is 13.8 Å². The Hall–Kier alpha value is -1.18. The lowest BCUT2D eigenvalue weighted by Gasteiger charge is -2.15. The van der Waals surface area contributed by atoms with Crippen molar-refractivity contribution in [2.75, 3.05) is 19.7 Å². The summed E-state index contributed by atoms with van der Waals surface area (Å²) in [6.07, 6.45) is -0.917. The van der Waals surface area contributed by atoms with Gasteiger partial charge in [-0.2, -0.15) is 0 Å². The van der Waals surface area contributed by atoms with Crippen molar-refractivity contribution < 1.29 is 19.8 Å². The normalized spacial score (nSPS) is 14.0. The molecule has 2 unspecified atom stereocenters. The maximum absolute atomic E-state index is 11.4. The first-order valence-corrected chi connectivity index (χ1v) is 5.12. The third-order valence-corrected chi connectivity index (χ3v) is 1.84. The highest BCUT2D eigenvalue weighted by molar-refractivity contribution is 5.96. The summed E-state index contributed by atoms with van der Waals surface area (Å²) in [7, 11) is 0. The molecule has 7 nitrogen and oxygen atoms in total. The Morgan fingerprint density at radius 2 is 2.00 bits per heavy atom. The first-order valence-electron chi connectivity index (χ1n) is 5.12. The van der Waals surface area contributed by atoms with Crippen molar-refractivity contribution in [1.29, 1.82) is 0 Å². The van der Waals surface area contributed by atoms with Crippen molar-refractivity contribution in [3.05, 3.63) is 0 Å². The Morgan fingerprint density at radius 1 is 1.38 bits per heavy atom. The van der Waals surface area contributed by atoms with Crippen molar-refractivity contribution in [3.63, 3.8) is 0 Å². The molecule has 0 saturated heterocycles. The molecule has 3 amide bonds. The van der Waals surface area contributed by atoms with Gasteiger partial charge in [-0.1, -0.05) is 0 Å². The third-order valence-electron chi connectivity index (χ3n) is 1.84. The number of hydrogen-bond donors (Lipinski definition) is 5. The van der Waals surface area contributed by atoms with Crippen LogP contribution in [0.5, 0.6) is 0 Å². The molecule has 0 aliphatic carbocycles. The fraction of sp³-hybridized carbons (Fsp3) is 0.778. The van der Waals surface area contributed by atoms with Gasteiger partial charge in [-0.15, -0.1) is 0 Å². The van der Waals surface area contributed by atoms with Crippen molar-refractivity contribution in [3.8, 4) is 0 Å². The van der Waals surface area contributed by atoms with E-state index in [-0.39, 0.29) is 13.2 Å². The largest absolute Gasteiger partial charge is 0.394 e. The molecule has 0 aliphatic rings. The number of aliphatic hydroxyl groups is 2. The van der Waals surface area contributed by atoms with Crippen LogP contribution in [0.15, 0.2) is 0 Å². The number of aliphatic hydroxyl groups excluding tert-OH is 2. The van der Waals surface area contributed by atoms with Crippen LogP contribution in [0.3, 0.4) is 0 Å². The molecule has 94 valence electrons. The summed E-state index contributed by atoms with van der Waals surface area (Å²) in [6, 6.07) is -1.17. The quantitative estimate of drug-likeness (QED) is 0.370. The predicted molar refractivity (Wildman–Crippen MR) is 57.8 cm³/mol. The molecule has 0 bridgehead atoms. The van der Waals surface area contributed by atoms with Crippen molar-refractivity contribution in [2.24, 2.45) is 0 Å². The molecule has 0 aliphatic heterocycles. The molecule has 7 heteroatoms. The van der Waals surface area contributed by atoms with Crippen LogP contribution in [0.4, 0.5) is 4.79 Å². The van der Waals surface area contributed by atoms with Gasteiger partial charge in [0.1, 0.15) is 0 Å². The number of nitrogens with one attached hydrogen (secondary N) is 3. The Morgan fingerprint density at radius 3 is 2.50 bits per heavy atom. The molecular formula is C9H19N3O4. The van der Waals surface area contributed by atoms with E-state index in [0.29, 0.717) is 6.54 Å². The van der Waals surface area contributed by atoms with E-state index < -0.39 is 24.1 Å². The lowest BCUT2D eigenvalue weighted by Crippen LogP contribution is -2.49. The lowest BCUT2D eigenvalue weighted by molar-refractivity contribution is -0.121. The zero-order valence-electron chi connectivity index (χ0n) is 9.49. The van der Waals surface area contributed by atoms with Gasteiger partial charge in [0.15, 0.2) is 0 Å². The average molecular weight is 233 g/mol. The number of imide groups is 1. The minimum absolute atomic E-state index is 0.0838. The summed E-state index contributed by atoms with van der Waals surface area (Å²) in [5.74, 6) is -0.490. The van der Waals surface area contributed by atoms with Gasteiger partial charge in [0.05, 0.1) is 18.8 Å². The zero-order chi connectivity index (χ0) is 12.6. The second kappa shape index (κ2) is 8.03. The highest BCUT2D eigenvalue weighted by Crippen LogP contribution is 1.84. The van der Waals surface area contributed by atoms with Crippen LogP contribution in [0, 0.1) is 0 Å². The molecule has 0 spiro atoms. The summed E-state index contributed by atoms with van der Waals surface area (Å²) >= 11 is 0. The SMILES string of the molecule is CCNC(=O)NC(=O)C(C)NCC(O)CO. The van der Waals surface area contributed by atoms with E-state index in [1.807, 2.05) is 0 Å². The van der Waals surface area contributed by atoms with Crippen molar-refractivity contribution in [1.82, 2.24) is 16.0 Å². The summed E-state index contributed by atoms with van der Waals surface area (Å²) in [6.45, 7) is 3.43. The molecule has 0 aromatic heterocycles. The Kier molecular flexibility index (Phi) is 7.44. The Bertz CT molecular complexity index is 235. The molecule has 0 heterocycles. The van der Waals surface area contributed by atoms with Gasteiger partial charge in [-0.25, -0.2) is 4.79 Å². The first kappa shape index (κ1) is 14.8. The van der Waals surface area contributed by atoms with Gasteiger partial charge < -0.3 is 20.8 Å². The van der Waals surface area contributed by atoms with E-state index in [9.17, 15) is 9.59 Å². The maximum atomic E-state index is 11.4. The molecule has 0 aromatic rings. The number of hydrogen-bond acceptors (Lipinski definition) is 5. The first-order chi connectivity index (χ1) is 7.51. The van der Waals surface area contributed by atoms with Gasteiger partial charge in [-0.05, 0) is 13.8 Å². The van der Waals surface area contributed by atoms with Gasteiger partial charge in [0, 0.05) is 13.1 Å². The maximum Gasteiger partial charge on any atom is 0.321 e. The summed E-state index contributed by atoms with van der Waals surface area (Å²) < 4.78 is 0. The number of rotatable bonds is 6. The predicted octanol–water partition coefficient (Wildman–Crippen LogP) is -1.84. The number of carbonyl (C=O) groups excluding carboxylic acids is 2. The number of amides is 3. The Labute approximate surface area is 94.2 Å². The second-order valence-corrected chi connectivity index (χ2v) is 3.32. The minimum Gasteiger partial charge on any atom is -0.394 e. The van der Waals surface area contributed by atoms with E-state index >= 15 is 0 Å². The highest BCUT2D eigenvalue weighted by Gasteiger charge is 2.15. The summed E-state index contributed by atoms with van der Waals surface area (Å²) in [5, 5.41) is 24.8. The molecule has 0 saturated carbocycles. The van der Waals surface area contributed by atoms with Crippen molar-refractivity contribution in [2.45, 2.75) is 26.0 Å². The molecular weight excluding hydrogens is 214 g/mol. The standard InChI is InChI=1S/C9H19N3O4/c1-3-10-9(16)12-8(15)6(2)11-4-7(14)5-13/h6-7,11,13-14H,3-5H2,1-2H3,(H2,10,12,15,16). The van der Waals surface area contributed by atoms with Crippen molar-refractivity contribution >= 4 is 11.9 Å².